The van der Waals surface area contributed by atoms with Crippen molar-refractivity contribution in [1.29, 1.82) is 0 Å². The molecule has 18 heavy (non-hydrogen) atoms. The normalized spacial score (nSPS) is 25.1. The lowest BCUT2D eigenvalue weighted by molar-refractivity contribution is 0.346. The fraction of sp³-hybridized carbons (Fsp3) is 0.647. The van der Waals surface area contributed by atoms with E-state index in [0.29, 0.717) is 0 Å². The van der Waals surface area contributed by atoms with Crippen LogP contribution in [0, 0.1) is 5.92 Å². The summed E-state index contributed by atoms with van der Waals surface area (Å²) in [6.07, 6.45) is 6.44. The Labute approximate surface area is 112 Å². The molecule has 0 atom stereocenters. The summed E-state index contributed by atoms with van der Waals surface area (Å²) >= 11 is 0. The van der Waals surface area contributed by atoms with Crippen molar-refractivity contribution in [2.45, 2.75) is 64.3 Å². The zero-order valence-electron chi connectivity index (χ0n) is 12.1. The summed E-state index contributed by atoms with van der Waals surface area (Å²) < 4.78 is 0. The Hall–Kier alpha value is -0.820. The number of benzene rings is 1. The van der Waals surface area contributed by atoms with Gasteiger partial charge in [-0.1, -0.05) is 44.0 Å². The van der Waals surface area contributed by atoms with E-state index in [4.69, 9.17) is 5.73 Å². The Morgan fingerprint density at radius 3 is 2.33 bits per heavy atom. The summed E-state index contributed by atoms with van der Waals surface area (Å²) in [7, 11) is 0. The average molecular weight is 245 g/mol. The quantitative estimate of drug-likeness (QED) is 0.846. The second kappa shape index (κ2) is 5.44. The molecule has 1 aliphatic carbocycles. The van der Waals surface area contributed by atoms with Gasteiger partial charge in [-0.05, 0) is 56.1 Å². The molecule has 1 aromatic rings. The van der Waals surface area contributed by atoms with Crippen LogP contribution in [0.2, 0.25) is 0 Å². The van der Waals surface area contributed by atoms with E-state index in [0.717, 1.165) is 18.3 Å². The molecule has 1 heteroatoms. The van der Waals surface area contributed by atoms with Crippen LogP contribution in [0.4, 0.5) is 0 Å². The molecule has 1 fully saturated rings. The lowest BCUT2D eigenvalue weighted by atomic mass is 9.77. The van der Waals surface area contributed by atoms with Gasteiger partial charge in [0.05, 0.1) is 0 Å². The van der Waals surface area contributed by atoms with Crippen LogP contribution < -0.4 is 5.73 Å². The molecule has 2 N–H and O–H groups in total. The first kappa shape index (κ1) is 13.6. The van der Waals surface area contributed by atoms with Gasteiger partial charge in [0.15, 0.2) is 0 Å². The molecule has 1 saturated carbocycles. The fourth-order valence-electron chi connectivity index (χ4n) is 3.16. The lowest BCUT2D eigenvalue weighted by Crippen LogP contribution is -2.35. The van der Waals surface area contributed by atoms with E-state index in [1.54, 1.807) is 5.56 Å². The second-order valence-corrected chi connectivity index (χ2v) is 6.82. The maximum atomic E-state index is 6.19. The maximum absolute atomic E-state index is 6.19. The highest BCUT2D eigenvalue weighted by atomic mass is 14.7. The third-order valence-electron chi connectivity index (χ3n) is 4.16. The highest BCUT2D eigenvalue weighted by molar-refractivity contribution is 5.32. The summed E-state index contributed by atoms with van der Waals surface area (Å²) in [5, 5.41) is 0. The first-order chi connectivity index (χ1) is 8.46. The van der Waals surface area contributed by atoms with Gasteiger partial charge in [0.25, 0.3) is 0 Å². The van der Waals surface area contributed by atoms with Crippen molar-refractivity contribution in [2.24, 2.45) is 11.7 Å². The van der Waals surface area contributed by atoms with Crippen molar-refractivity contribution in [3.05, 3.63) is 35.4 Å². The first-order valence-corrected chi connectivity index (χ1v) is 7.32. The van der Waals surface area contributed by atoms with Crippen LogP contribution >= 0.6 is 0 Å². The van der Waals surface area contributed by atoms with E-state index in [1.807, 2.05) is 0 Å². The Morgan fingerprint density at radius 1 is 1.11 bits per heavy atom. The standard InChI is InChI=1S/C17H27N/c1-13-8-10-14(11-9-13)16-7-5-4-6-15(16)12-17(2,3)18/h4-7,13-14H,8-12,18H2,1-3H3. The molecule has 0 aliphatic heterocycles. The van der Waals surface area contributed by atoms with Gasteiger partial charge in [0, 0.05) is 5.54 Å². The van der Waals surface area contributed by atoms with Crippen LogP contribution in [0.5, 0.6) is 0 Å². The number of nitrogens with two attached hydrogens (primary N) is 1. The Balaban J connectivity index is 2.17. The van der Waals surface area contributed by atoms with E-state index < -0.39 is 0 Å². The second-order valence-electron chi connectivity index (χ2n) is 6.82. The van der Waals surface area contributed by atoms with Crippen LogP contribution in [0.3, 0.4) is 0 Å². The molecule has 0 spiro atoms. The third kappa shape index (κ3) is 3.58. The molecule has 1 aromatic carbocycles. The van der Waals surface area contributed by atoms with Crippen molar-refractivity contribution in [3.8, 4) is 0 Å². The van der Waals surface area contributed by atoms with Gasteiger partial charge in [0.1, 0.15) is 0 Å². The lowest BCUT2D eigenvalue weighted by Gasteiger charge is -2.29. The van der Waals surface area contributed by atoms with Gasteiger partial charge in [0.2, 0.25) is 0 Å². The van der Waals surface area contributed by atoms with Crippen LogP contribution in [0.15, 0.2) is 24.3 Å². The van der Waals surface area contributed by atoms with Crippen LogP contribution in [-0.4, -0.2) is 5.54 Å². The SMILES string of the molecule is CC1CCC(c2ccccc2CC(C)(C)N)CC1. The molecule has 0 bridgehead atoms. The Kier molecular flexibility index (Phi) is 4.11. The third-order valence-corrected chi connectivity index (χ3v) is 4.16. The highest BCUT2D eigenvalue weighted by Gasteiger charge is 2.23. The average Bonchev–Trinajstić information content (AvgIpc) is 2.29. The number of hydrogen-bond acceptors (Lipinski definition) is 1. The van der Waals surface area contributed by atoms with Gasteiger partial charge in [-0.25, -0.2) is 0 Å². The predicted octanol–water partition coefficient (Wildman–Crippen LogP) is 4.26. The highest BCUT2D eigenvalue weighted by Crippen LogP contribution is 2.37. The van der Waals surface area contributed by atoms with Crippen molar-refractivity contribution >= 4 is 0 Å². The van der Waals surface area contributed by atoms with Crippen LogP contribution in [-0.2, 0) is 6.42 Å². The molecule has 2 rings (SSSR count). The zero-order valence-corrected chi connectivity index (χ0v) is 12.1. The summed E-state index contributed by atoms with van der Waals surface area (Å²) in [5.74, 6) is 1.68. The summed E-state index contributed by atoms with van der Waals surface area (Å²) in [6.45, 7) is 6.62. The minimum atomic E-state index is -0.113. The van der Waals surface area contributed by atoms with E-state index in [1.165, 1.54) is 31.2 Å². The predicted molar refractivity (Wildman–Crippen MR) is 78.8 cm³/mol. The summed E-state index contributed by atoms with van der Waals surface area (Å²) in [4.78, 5) is 0. The Morgan fingerprint density at radius 2 is 1.72 bits per heavy atom. The van der Waals surface area contributed by atoms with Gasteiger partial charge < -0.3 is 5.73 Å². The summed E-state index contributed by atoms with van der Waals surface area (Å²) in [5.41, 5.74) is 9.10. The molecule has 0 unspecified atom stereocenters. The monoisotopic (exact) mass is 245 g/mol. The maximum Gasteiger partial charge on any atom is 0.0138 e. The molecule has 0 saturated heterocycles. The molecule has 0 radical (unpaired) electrons. The molecule has 0 heterocycles. The largest absolute Gasteiger partial charge is 0.325 e. The molecule has 1 nitrogen and oxygen atoms in total. The summed E-state index contributed by atoms with van der Waals surface area (Å²) in [6, 6.07) is 8.92. The number of hydrogen-bond donors (Lipinski definition) is 1. The van der Waals surface area contributed by atoms with Crippen molar-refractivity contribution in [3.63, 3.8) is 0 Å². The molecule has 100 valence electrons. The van der Waals surface area contributed by atoms with E-state index in [-0.39, 0.29) is 5.54 Å². The Bertz CT molecular complexity index is 381. The zero-order chi connectivity index (χ0) is 13.2. The minimum Gasteiger partial charge on any atom is -0.325 e. The topological polar surface area (TPSA) is 26.0 Å². The van der Waals surface area contributed by atoms with E-state index in [2.05, 4.69) is 45.0 Å². The molecule has 1 aliphatic rings. The van der Waals surface area contributed by atoms with Crippen molar-refractivity contribution < 1.29 is 0 Å². The molecule has 0 aromatic heterocycles. The number of rotatable bonds is 3. The van der Waals surface area contributed by atoms with Gasteiger partial charge in [-0.15, -0.1) is 0 Å². The van der Waals surface area contributed by atoms with Crippen LogP contribution in [0.25, 0.3) is 0 Å². The minimum absolute atomic E-state index is 0.113. The van der Waals surface area contributed by atoms with E-state index in [9.17, 15) is 0 Å². The molecular formula is C17H27N. The smallest absolute Gasteiger partial charge is 0.0138 e. The fourth-order valence-corrected chi connectivity index (χ4v) is 3.16. The van der Waals surface area contributed by atoms with Crippen LogP contribution in [0.1, 0.15) is 63.5 Å². The molecular weight excluding hydrogens is 218 g/mol. The first-order valence-electron chi connectivity index (χ1n) is 7.32. The van der Waals surface area contributed by atoms with Crippen molar-refractivity contribution in [2.75, 3.05) is 0 Å². The molecule has 0 amide bonds. The van der Waals surface area contributed by atoms with Gasteiger partial charge >= 0.3 is 0 Å². The van der Waals surface area contributed by atoms with E-state index >= 15 is 0 Å². The van der Waals surface area contributed by atoms with Crippen molar-refractivity contribution in [1.82, 2.24) is 0 Å². The van der Waals surface area contributed by atoms with Gasteiger partial charge in [-0.2, -0.15) is 0 Å². The van der Waals surface area contributed by atoms with Gasteiger partial charge in [-0.3, -0.25) is 0 Å².